The van der Waals surface area contributed by atoms with Crippen LogP contribution in [0.4, 0.5) is 0 Å². The van der Waals surface area contributed by atoms with Gasteiger partial charge in [-0.25, -0.2) is 19.7 Å². The molecule has 2 aliphatic rings. The second kappa shape index (κ2) is 9.72. The molecule has 40 heavy (non-hydrogen) atoms. The normalized spacial score (nSPS) is 19.9. The molecule has 4 aromatic heterocycles. The Hall–Kier alpha value is -4.29. The first kappa shape index (κ1) is 24.7. The predicted octanol–water partition coefficient (Wildman–Crippen LogP) is 5.40. The van der Waals surface area contributed by atoms with Crippen LogP contribution >= 0.6 is 11.6 Å². The molecule has 0 aliphatic heterocycles. The lowest BCUT2D eigenvalue weighted by atomic mass is 9.82. The molecule has 0 saturated heterocycles. The molecular formula is C30H26ClN7O2. The Morgan fingerprint density at radius 3 is 2.60 bits per heavy atom. The molecule has 2 aliphatic carbocycles. The molecule has 0 unspecified atom stereocenters. The van der Waals surface area contributed by atoms with Crippen LogP contribution < -0.4 is 5.76 Å². The van der Waals surface area contributed by atoms with Gasteiger partial charge >= 0.3 is 5.76 Å². The SMILES string of the molecule is C#C[C@H]1CC[C@H](Cn2c(C3(c4ccccn4)CC3)nc3nc(-c4nc(=O)o[nH]4)nc(-c4cccc(Cl)c4)c32)CC1. The van der Waals surface area contributed by atoms with Crippen molar-refractivity contribution in [1.82, 2.24) is 34.6 Å². The summed E-state index contributed by atoms with van der Waals surface area (Å²) in [5.74, 6) is 4.28. The topological polar surface area (TPSA) is 115 Å². The number of imidazole rings is 1. The van der Waals surface area contributed by atoms with Gasteiger partial charge in [0.15, 0.2) is 5.65 Å². The maximum atomic E-state index is 11.7. The van der Waals surface area contributed by atoms with Crippen molar-refractivity contribution in [2.45, 2.75) is 50.5 Å². The number of halogens is 1. The highest BCUT2D eigenvalue weighted by Crippen LogP contribution is 2.53. The second-order valence-corrected chi connectivity index (χ2v) is 11.2. The molecule has 0 radical (unpaired) electrons. The molecule has 4 heterocycles. The molecule has 0 amide bonds. The Bertz CT molecular complexity index is 1810. The van der Waals surface area contributed by atoms with E-state index in [-0.39, 0.29) is 17.1 Å². The number of fused-ring (bicyclic) bond motifs is 1. The molecule has 5 aromatic rings. The number of benzene rings is 1. The Balaban J connectivity index is 1.47. The fourth-order valence-electron chi connectivity index (χ4n) is 5.98. The van der Waals surface area contributed by atoms with E-state index in [2.05, 4.69) is 26.7 Å². The van der Waals surface area contributed by atoms with Gasteiger partial charge in [0.2, 0.25) is 11.6 Å². The lowest BCUT2D eigenvalue weighted by Crippen LogP contribution is -2.23. The van der Waals surface area contributed by atoms with E-state index in [0.29, 0.717) is 28.2 Å². The third kappa shape index (κ3) is 4.29. The smallest absolute Gasteiger partial charge is 0.324 e. The van der Waals surface area contributed by atoms with E-state index >= 15 is 0 Å². The van der Waals surface area contributed by atoms with E-state index in [0.717, 1.165) is 67.7 Å². The number of aromatic amines is 1. The van der Waals surface area contributed by atoms with E-state index < -0.39 is 5.76 Å². The van der Waals surface area contributed by atoms with Crippen molar-refractivity contribution in [2.75, 3.05) is 0 Å². The van der Waals surface area contributed by atoms with Crippen LogP contribution in [0, 0.1) is 24.2 Å². The van der Waals surface area contributed by atoms with Gasteiger partial charge in [-0.3, -0.25) is 4.98 Å². The number of hydrogen-bond acceptors (Lipinski definition) is 7. The summed E-state index contributed by atoms with van der Waals surface area (Å²) in [5, 5.41) is 3.12. The molecule has 200 valence electrons. The van der Waals surface area contributed by atoms with Crippen LogP contribution in [-0.4, -0.2) is 34.6 Å². The van der Waals surface area contributed by atoms with Crippen LogP contribution in [0.25, 0.3) is 34.1 Å². The standard InChI is InChI=1S/C30H26ClN7O2/c1-2-18-9-11-19(12-10-18)17-38-24-23(20-6-5-7-21(31)16-20)33-26(27-36-29(39)40-37-27)34-25(24)35-28(38)30(13-14-30)22-8-3-4-15-32-22/h1,3-8,15-16,18-19H,9-14,17H2,(H,36,37,39)/t18-,19-. The number of H-pyrrole nitrogens is 1. The lowest BCUT2D eigenvalue weighted by molar-refractivity contribution is 0.285. The van der Waals surface area contributed by atoms with Crippen LogP contribution in [0.1, 0.15) is 50.0 Å². The molecule has 10 heteroatoms. The summed E-state index contributed by atoms with van der Waals surface area (Å²) in [6.45, 7) is 0.773. The van der Waals surface area contributed by atoms with E-state index in [1.807, 2.05) is 42.6 Å². The average Bonchev–Trinajstić information content (AvgIpc) is 3.55. The molecule has 1 aromatic carbocycles. The van der Waals surface area contributed by atoms with Gasteiger partial charge < -0.3 is 9.09 Å². The largest absolute Gasteiger partial charge is 0.460 e. The highest BCUT2D eigenvalue weighted by molar-refractivity contribution is 6.30. The molecule has 1 N–H and O–H groups in total. The van der Waals surface area contributed by atoms with Gasteiger partial charge in [0, 0.05) is 29.2 Å². The minimum atomic E-state index is -0.746. The maximum Gasteiger partial charge on any atom is 0.460 e. The van der Waals surface area contributed by atoms with E-state index in [1.54, 1.807) is 0 Å². The van der Waals surface area contributed by atoms with Crippen LogP contribution in [0.3, 0.4) is 0 Å². The summed E-state index contributed by atoms with van der Waals surface area (Å²) in [4.78, 5) is 35.2. The number of hydrogen-bond donors (Lipinski definition) is 1. The number of nitrogens with zero attached hydrogens (tertiary/aromatic N) is 6. The summed E-state index contributed by atoms with van der Waals surface area (Å²) >= 11 is 6.43. The molecule has 0 atom stereocenters. The van der Waals surface area contributed by atoms with Gasteiger partial charge in [0.05, 0.1) is 11.1 Å². The summed E-state index contributed by atoms with van der Waals surface area (Å²) < 4.78 is 7.13. The first-order valence-corrected chi connectivity index (χ1v) is 13.9. The fourth-order valence-corrected chi connectivity index (χ4v) is 6.17. The Morgan fingerprint density at radius 1 is 1.07 bits per heavy atom. The molecular weight excluding hydrogens is 526 g/mol. The number of terminal acetylenes is 1. The summed E-state index contributed by atoms with van der Waals surface area (Å²) in [7, 11) is 0. The van der Waals surface area contributed by atoms with E-state index in [1.165, 1.54) is 0 Å². The highest BCUT2D eigenvalue weighted by atomic mass is 35.5. The number of rotatable bonds is 6. The Morgan fingerprint density at radius 2 is 1.93 bits per heavy atom. The predicted molar refractivity (Wildman–Crippen MR) is 150 cm³/mol. The van der Waals surface area contributed by atoms with Crippen molar-refractivity contribution in [3.05, 3.63) is 75.8 Å². The Kier molecular flexibility index (Phi) is 6.01. The van der Waals surface area contributed by atoms with Crippen LogP contribution in [0.2, 0.25) is 5.02 Å². The zero-order chi connectivity index (χ0) is 27.3. The van der Waals surface area contributed by atoms with Crippen LogP contribution in [0.5, 0.6) is 0 Å². The summed E-state index contributed by atoms with van der Waals surface area (Å²) in [5.41, 5.74) is 3.54. The summed E-state index contributed by atoms with van der Waals surface area (Å²) in [6, 6.07) is 13.6. The highest BCUT2D eigenvalue weighted by Gasteiger charge is 2.51. The van der Waals surface area contributed by atoms with Crippen molar-refractivity contribution >= 4 is 22.8 Å². The van der Waals surface area contributed by atoms with Crippen molar-refractivity contribution in [2.24, 2.45) is 11.8 Å². The van der Waals surface area contributed by atoms with Gasteiger partial charge in [0.25, 0.3) is 0 Å². The third-order valence-electron chi connectivity index (χ3n) is 8.21. The lowest BCUT2D eigenvalue weighted by Gasteiger charge is -2.28. The van der Waals surface area contributed by atoms with E-state index in [4.69, 9.17) is 42.5 Å². The van der Waals surface area contributed by atoms with Crippen molar-refractivity contribution in [3.63, 3.8) is 0 Å². The Labute approximate surface area is 235 Å². The van der Waals surface area contributed by atoms with Crippen LogP contribution in [-0.2, 0) is 12.0 Å². The minimum Gasteiger partial charge on any atom is -0.324 e. The molecule has 2 fully saturated rings. The quantitative estimate of drug-likeness (QED) is 0.281. The fraction of sp³-hybridized carbons (Fsp3) is 0.333. The van der Waals surface area contributed by atoms with Crippen molar-refractivity contribution < 1.29 is 4.52 Å². The first-order chi connectivity index (χ1) is 19.5. The minimum absolute atomic E-state index is 0.143. The first-order valence-electron chi connectivity index (χ1n) is 13.5. The van der Waals surface area contributed by atoms with Crippen molar-refractivity contribution in [3.8, 4) is 35.2 Å². The molecule has 2 saturated carbocycles. The van der Waals surface area contributed by atoms with Gasteiger partial charge in [-0.05, 0) is 68.7 Å². The number of nitrogens with one attached hydrogen (secondary N) is 1. The van der Waals surface area contributed by atoms with Crippen LogP contribution in [0.15, 0.2) is 58.0 Å². The van der Waals surface area contributed by atoms with Gasteiger partial charge in [-0.2, -0.15) is 5.16 Å². The average molecular weight is 552 g/mol. The van der Waals surface area contributed by atoms with E-state index in [9.17, 15) is 4.79 Å². The van der Waals surface area contributed by atoms with Crippen molar-refractivity contribution in [1.29, 1.82) is 0 Å². The zero-order valence-electron chi connectivity index (χ0n) is 21.7. The molecule has 9 nitrogen and oxygen atoms in total. The third-order valence-corrected chi connectivity index (χ3v) is 8.44. The monoisotopic (exact) mass is 551 g/mol. The maximum absolute atomic E-state index is 11.7. The molecule has 0 bridgehead atoms. The molecule has 0 spiro atoms. The summed E-state index contributed by atoms with van der Waals surface area (Å²) in [6.07, 6.45) is 13.6. The van der Waals surface area contributed by atoms with Gasteiger partial charge in [0.1, 0.15) is 17.0 Å². The number of aromatic nitrogens is 7. The molecule has 7 rings (SSSR count). The van der Waals surface area contributed by atoms with Gasteiger partial charge in [-0.1, -0.05) is 29.8 Å². The second-order valence-electron chi connectivity index (χ2n) is 10.7. The number of pyridine rings is 1. The zero-order valence-corrected chi connectivity index (χ0v) is 22.4. The van der Waals surface area contributed by atoms with Gasteiger partial charge in [-0.15, -0.1) is 17.3 Å².